The zero-order chi connectivity index (χ0) is 16.7. The van der Waals surface area contributed by atoms with Crippen molar-refractivity contribution in [2.24, 2.45) is 0 Å². The minimum Gasteiger partial charge on any atom is -0.340 e. The lowest BCUT2D eigenvalue weighted by molar-refractivity contribution is -0.134. The first-order chi connectivity index (χ1) is 11.1. The van der Waals surface area contributed by atoms with E-state index in [1.807, 2.05) is 18.2 Å². The van der Waals surface area contributed by atoms with Crippen LogP contribution in [-0.2, 0) is 11.2 Å². The maximum atomic E-state index is 12.6. The van der Waals surface area contributed by atoms with Gasteiger partial charge in [0.15, 0.2) is 0 Å². The summed E-state index contributed by atoms with van der Waals surface area (Å²) < 4.78 is 0. The van der Waals surface area contributed by atoms with Gasteiger partial charge in [-0.05, 0) is 62.9 Å². The Balaban J connectivity index is 0.00000288. The summed E-state index contributed by atoms with van der Waals surface area (Å²) in [5.41, 5.74) is 1.14. The normalized spacial score (nSPS) is 15.0. The zero-order valence-corrected chi connectivity index (χ0v) is 16.5. The monoisotopic (exact) mass is 392 g/mol. The van der Waals surface area contributed by atoms with Gasteiger partial charge in [-0.25, -0.2) is 0 Å². The van der Waals surface area contributed by atoms with Crippen LogP contribution in [0.15, 0.2) is 18.2 Å². The molecule has 0 bridgehead atoms. The number of carbonyl (C=O) groups excluding carboxylic acids is 1. The van der Waals surface area contributed by atoms with Crippen molar-refractivity contribution in [1.29, 1.82) is 0 Å². The first-order valence-corrected chi connectivity index (χ1v) is 9.31. The summed E-state index contributed by atoms with van der Waals surface area (Å²) in [6.07, 6.45) is 5.46. The number of carbonyl (C=O) groups is 1. The summed E-state index contributed by atoms with van der Waals surface area (Å²) in [5, 5.41) is 4.52. The highest BCUT2D eigenvalue weighted by molar-refractivity contribution is 6.42. The minimum absolute atomic E-state index is 0. The van der Waals surface area contributed by atoms with Crippen molar-refractivity contribution in [1.82, 2.24) is 10.2 Å². The van der Waals surface area contributed by atoms with E-state index in [0.29, 0.717) is 28.4 Å². The Hall–Kier alpha value is -0.480. The van der Waals surface area contributed by atoms with E-state index in [9.17, 15) is 4.79 Å². The van der Waals surface area contributed by atoms with Crippen molar-refractivity contribution in [3.05, 3.63) is 33.8 Å². The summed E-state index contributed by atoms with van der Waals surface area (Å²) in [6.45, 7) is 5.04. The van der Waals surface area contributed by atoms with Crippen molar-refractivity contribution in [3.63, 3.8) is 0 Å². The Kier molecular flexibility index (Phi) is 10.1. The molecule has 3 nitrogen and oxygen atoms in total. The fourth-order valence-corrected chi connectivity index (χ4v) is 3.47. The highest BCUT2D eigenvalue weighted by Crippen LogP contribution is 2.23. The average Bonchev–Trinajstić information content (AvgIpc) is 2.56. The number of benzene rings is 1. The number of aryl methyl sites for hydroxylation is 1. The van der Waals surface area contributed by atoms with Crippen molar-refractivity contribution < 1.29 is 4.79 Å². The predicted octanol–water partition coefficient (Wildman–Crippen LogP) is 4.73. The van der Waals surface area contributed by atoms with E-state index >= 15 is 0 Å². The molecule has 1 aromatic carbocycles. The Labute approximate surface area is 161 Å². The van der Waals surface area contributed by atoms with Crippen LogP contribution < -0.4 is 5.32 Å². The summed E-state index contributed by atoms with van der Waals surface area (Å²) in [7, 11) is 0. The molecule has 136 valence electrons. The molecule has 1 aliphatic rings. The van der Waals surface area contributed by atoms with Gasteiger partial charge in [-0.15, -0.1) is 12.4 Å². The first kappa shape index (κ1) is 21.6. The van der Waals surface area contributed by atoms with Gasteiger partial charge in [0.25, 0.3) is 0 Å². The van der Waals surface area contributed by atoms with Gasteiger partial charge in [-0.2, -0.15) is 0 Å². The summed E-state index contributed by atoms with van der Waals surface area (Å²) in [6, 6.07) is 6.11. The number of hydrogen-bond donors (Lipinski definition) is 1. The van der Waals surface area contributed by atoms with Crippen LogP contribution in [0.25, 0.3) is 0 Å². The SMILES string of the molecule is CCCN(C(=O)CCCc1ccc(Cl)c(Cl)c1)C1CCNCC1.Cl. The van der Waals surface area contributed by atoms with Gasteiger partial charge in [0.05, 0.1) is 10.0 Å². The van der Waals surface area contributed by atoms with Gasteiger partial charge < -0.3 is 10.2 Å². The van der Waals surface area contributed by atoms with Crippen molar-refractivity contribution in [3.8, 4) is 0 Å². The quantitative estimate of drug-likeness (QED) is 0.726. The number of piperidine rings is 1. The van der Waals surface area contributed by atoms with Crippen LogP contribution in [0.4, 0.5) is 0 Å². The number of hydrogen-bond acceptors (Lipinski definition) is 2. The van der Waals surface area contributed by atoms with E-state index in [-0.39, 0.29) is 12.4 Å². The second-order valence-electron chi connectivity index (χ2n) is 6.17. The Bertz CT molecular complexity index is 519. The molecule has 0 radical (unpaired) electrons. The summed E-state index contributed by atoms with van der Waals surface area (Å²) in [5.74, 6) is 0.291. The number of amides is 1. The molecule has 0 atom stereocenters. The molecule has 1 saturated heterocycles. The molecule has 24 heavy (non-hydrogen) atoms. The maximum absolute atomic E-state index is 12.6. The fraction of sp³-hybridized carbons (Fsp3) is 0.611. The number of halogens is 3. The predicted molar refractivity (Wildman–Crippen MR) is 105 cm³/mol. The van der Waals surface area contributed by atoms with Gasteiger partial charge in [0.2, 0.25) is 5.91 Å². The molecule has 1 aromatic rings. The van der Waals surface area contributed by atoms with E-state index in [1.165, 1.54) is 0 Å². The molecule has 1 heterocycles. The fourth-order valence-electron chi connectivity index (χ4n) is 3.15. The zero-order valence-electron chi connectivity index (χ0n) is 14.2. The van der Waals surface area contributed by atoms with Crippen LogP contribution in [0, 0.1) is 0 Å². The highest BCUT2D eigenvalue weighted by Gasteiger charge is 2.24. The van der Waals surface area contributed by atoms with E-state index in [4.69, 9.17) is 23.2 Å². The molecule has 1 fully saturated rings. The molecular formula is C18H27Cl3N2O. The number of nitrogens with zero attached hydrogens (tertiary/aromatic N) is 1. The lowest BCUT2D eigenvalue weighted by atomic mass is 10.0. The smallest absolute Gasteiger partial charge is 0.222 e. The van der Waals surface area contributed by atoms with E-state index in [1.54, 1.807) is 0 Å². The van der Waals surface area contributed by atoms with Gasteiger partial charge in [0, 0.05) is 19.0 Å². The molecule has 0 spiro atoms. The molecule has 6 heteroatoms. The molecule has 0 aliphatic carbocycles. The van der Waals surface area contributed by atoms with Gasteiger partial charge in [0.1, 0.15) is 0 Å². The van der Waals surface area contributed by atoms with Crippen LogP contribution in [0.3, 0.4) is 0 Å². The maximum Gasteiger partial charge on any atom is 0.222 e. The van der Waals surface area contributed by atoms with E-state index in [0.717, 1.165) is 57.3 Å². The molecule has 1 amide bonds. The Morgan fingerprint density at radius 3 is 2.58 bits per heavy atom. The third kappa shape index (κ3) is 6.44. The molecule has 0 saturated carbocycles. The lowest BCUT2D eigenvalue weighted by Gasteiger charge is -2.34. The van der Waals surface area contributed by atoms with Crippen molar-refractivity contribution in [2.45, 2.75) is 51.5 Å². The van der Waals surface area contributed by atoms with Crippen molar-refractivity contribution in [2.75, 3.05) is 19.6 Å². The Morgan fingerprint density at radius 1 is 1.25 bits per heavy atom. The second-order valence-corrected chi connectivity index (χ2v) is 6.98. The molecule has 1 aliphatic heterocycles. The van der Waals surface area contributed by atoms with Gasteiger partial charge in [-0.3, -0.25) is 4.79 Å². The van der Waals surface area contributed by atoms with Crippen LogP contribution in [0.5, 0.6) is 0 Å². The summed E-state index contributed by atoms with van der Waals surface area (Å²) >= 11 is 12.0. The van der Waals surface area contributed by atoms with Gasteiger partial charge >= 0.3 is 0 Å². The van der Waals surface area contributed by atoms with Crippen LogP contribution in [-0.4, -0.2) is 36.5 Å². The largest absolute Gasteiger partial charge is 0.340 e. The second kappa shape index (κ2) is 11.2. The molecule has 0 unspecified atom stereocenters. The van der Waals surface area contributed by atoms with E-state index in [2.05, 4.69) is 17.1 Å². The number of nitrogens with one attached hydrogen (secondary N) is 1. The van der Waals surface area contributed by atoms with Gasteiger partial charge in [-0.1, -0.05) is 36.2 Å². The first-order valence-electron chi connectivity index (χ1n) is 8.56. The third-order valence-electron chi connectivity index (χ3n) is 4.37. The van der Waals surface area contributed by atoms with Crippen LogP contribution >= 0.6 is 35.6 Å². The van der Waals surface area contributed by atoms with E-state index < -0.39 is 0 Å². The molecule has 0 aromatic heterocycles. The Morgan fingerprint density at radius 2 is 1.96 bits per heavy atom. The third-order valence-corrected chi connectivity index (χ3v) is 5.11. The molecular weight excluding hydrogens is 367 g/mol. The van der Waals surface area contributed by atoms with Crippen LogP contribution in [0.1, 0.15) is 44.6 Å². The standard InChI is InChI=1S/C18H26Cl2N2O.ClH/c1-2-12-22(15-8-10-21-11-9-15)18(23)5-3-4-14-6-7-16(19)17(20)13-14;/h6-7,13,15,21H,2-5,8-12H2,1H3;1H. The molecule has 1 N–H and O–H groups in total. The average molecular weight is 394 g/mol. The molecule has 2 rings (SSSR count). The topological polar surface area (TPSA) is 32.3 Å². The van der Waals surface area contributed by atoms with Crippen molar-refractivity contribution >= 4 is 41.5 Å². The minimum atomic E-state index is 0. The van der Waals surface area contributed by atoms with Crippen LogP contribution in [0.2, 0.25) is 10.0 Å². The number of rotatable bonds is 7. The summed E-state index contributed by atoms with van der Waals surface area (Å²) in [4.78, 5) is 14.7. The highest BCUT2D eigenvalue weighted by atomic mass is 35.5. The lowest BCUT2D eigenvalue weighted by Crippen LogP contribution is -2.46.